The Morgan fingerprint density at radius 1 is 1.11 bits per heavy atom. The third-order valence-corrected chi connectivity index (χ3v) is 4.49. The zero-order chi connectivity index (χ0) is 19.8. The number of amides is 1. The van der Waals surface area contributed by atoms with Gasteiger partial charge in [-0.1, -0.05) is 18.2 Å². The first kappa shape index (κ1) is 19.4. The first-order valence-electron chi connectivity index (χ1n) is 9.13. The van der Waals surface area contributed by atoms with Crippen molar-refractivity contribution < 1.29 is 9.53 Å². The lowest BCUT2D eigenvalue weighted by atomic mass is 10.2. The Balaban J connectivity index is 1.61. The summed E-state index contributed by atoms with van der Waals surface area (Å²) in [5.41, 5.74) is 3.45. The molecule has 0 aliphatic carbocycles. The van der Waals surface area contributed by atoms with Crippen molar-refractivity contribution in [2.45, 2.75) is 13.0 Å². The Kier molecular flexibility index (Phi) is 6.57. The lowest BCUT2D eigenvalue weighted by molar-refractivity contribution is 0.0791. The van der Waals surface area contributed by atoms with Crippen molar-refractivity contribution in [1.82, 2.24) is 14.9 Å². The highest BCUT2D eigenvalue weighted by atomic mass is 16.5. The van der Waals surface area contributed by atoms with Gasteiger partial charge in [-0.15, -0.1) is 0 Å². The maximum absolute atomic E-state index is 12.7. The van der Waals surface area contributed by atoms with E-state index < -0.39 is 0 Å². The second kappa shape index (κ2) is 9.50. The minimum absolute atomic E-state index is 0.102. The van der Waals surface area contributed by atoms with Gasteiger partial charge in [-0.2, -0.15) is 0 Å². The fraction of sp³-hybridized carbons (Fsp3) is 0.227. The first-order chi connectivity index (χ1) is 13.7. The number of aromatic nitrogens is 2. The second-order valence-corrected chi connectivity index (χ2v) is 6.43. The SMILES string of the molecule is COc1ccccc1CNc1ccnc(C(=O)N(C)CCc2ccncc2)c1. The number of likely N-dealkylation sites (N-methyl/N-ethyl adjacent to an activating group) is 1. The van der Waals surface area contributed by atoms with Gasteiger partial charge < -0.3 is 15.0 Å². The number of carbonyl (C=O) groups is 1. The average molecular weight is 376 g/mol. The number of ether oxygens (including phenoxy) is 1. The number of nitrogens with one attached hydrogen (secondary N) is 1. The Morgan fingerprint density at radius 2 is 1.89 bits per heavy atom. The van der Waals surface area contributed by atoms with Gasteiger partial charge in [0, 0.05) is 50.0 Å². The minimum atomic E-state index is -0.102. The minimum Gasteiger partial charge on any atom is -0.496 e. The topological polar surface area (TPSA) is 67.3 Å². The molecule has 0 bridgehead atoms. The summed E-state index contributed by atoms with van der Waals surface area (Å²) in [4.78, 5) is 22.6. The van der Waals surface area contributed by atoms with E-state index in [4.69, 9.17) is 4.74 Å². The monoisotopic (exact) mass is 376 g/mol. The number of nitrogens with zero attached hydrogens (tertiary/aromatic N) is 3. The largest absolute Gasteiger partial charge is 0.496 e. The molecule has 0 aliphatic rings. The third kappa shape index (κ3) is 5.07. The molecule has 0 atom stereocenters. The van der Waals surface area contributed by atoms with E-state index in [1.807, 2.05) is 42.5 Å². The second-order valence-electron chi connectivity index (χ2n) is 6.43. The number of carbonyl (C=O) groups excluding carboxylic acids is 1. The van der Waals surface area contributed by atoms with Crippen molar-refractivity contribution in [1.29, 1.82) is 0 Å². The smallest absolute Gasteiger partial charge is 0.272 e. The van der Waals surface area contributed by atoms with Gasteiger partial charge in [0.25, 0.3) is 5.91 Å². The van der Waals surface area contributed by atoms with E-state index in [-0.39, 0.29) is 5.91 Å². The fourth-order valence-electron chi connectivity index (χ4n) is 2.85. The van der Waals surface area contributed by atoms with Crippen LogP contribution in [0, 0.1) is 0 Å². The lowest BCUT2D eigenvalue weighted by Gasteiger charge is -2.17. The molecule has 3 rings (SSSR count). The standard InChI is InChI=1S/C22H24N4O2/c1-26(14-10-17-7-11-23-12-8-17)22(27)20-15-19(9-13-24-20)25-16-18-5-3-4-6-21(18)28-2/h3-9,11-13,15H,10,14,16H2,1-2H3,(H,24,25). The molecule has 6 heteroatoms. The summed E-state index contributed by atoms with van der Waals surface area (Å²) < 4.78 is 5.37. The molecular weight excluding hydrogens is 352 g/mol. The predicted molar refractivity (Wildman–Crippen MR) is 109 cm³/mol. The van der Waals surface area contributed by atoms with Gasteiger partial charge in [-0.05, 0) is 42.3 Å². The van der Waals surface area contributed by atoms with Gasteiger partial charge in [0.05, 0.1) is 7.11 Å². The van der Waals surface area contributed by atoms with Gasteiger partial charge in [0.1, 0.15) is 11.4 Å². The maximum Gasteiger partial charge on any atom is 0.272 e. The number of rotatable bonds is 8. The van der Waals surface area contributed by atoms with Crippen LogP contribution in [0.15, 0.2) is 67.1 Å². The van der Waals surface area contributed by atoms with E-state index in [0.29, 0.717) is 18.8 Å². The van der Waals surface area contributed by atoms with Crippen molar-refractivity contribution in [3.05, 3.63) is 83.9 Å². The van der Waals surface area contributed by atoms with Crippen molar-refractivity contribution >= 4 is 11.6 Å². The van der Waals surface area contributed by atoms with Crippen molar-refractivity contribution in [3.8, 4) is 5.75 Å². The van der Waals surface area contributed by atoms with Gasteiger partial charge >= 0.3 is 0 Å². The van der Waals surface area contributed by atoms with Gasteiger partial charge in [-0.3, -0.25) is 14.8 Å². The Hall–Kier alpha value is -3.41. The molecule has 0 unspecified atom stereocenters. The van der Waals surface area contributed by atoms with Crippen LogP contribution in [0.2, 0.25) is 0 Å². The molecule has 2 heterocycles. The molecule has 6 nitrogen and oxygen atoms in total. The highest BCUT2D eigenvalue weighted by Crippen LogP contribution is 2.19. The zero-order valence-electron chi connectivity index (χ0n) is 16.1. The van der Waals surface area contributed by atoms with Crippen LogP contribution in [0.1, 0.15) is 21.6 Å². The van der Waals surface area contributed by atoms with Crippen LogP contribution in [-0.2, 0) is 13.0 Å². The molecule has 144 valence electrons. The summed E-state index contributed by atoms with van der Waals surface area (Å²) in [5.74, 6) is 0.728. The number of para-hydroxylation sites is 1. The Labute approximate surface area is 165 Å². The maximum atomic E-state index is 12.7. The molecule has 1 amide bonds. The molecule has 0 saturated heterocycles. The van der Waals surface area contributed by atoms with Gasteiger partial charge in [0.15, 0.2) is 0 Å². The van der Waals surface area contributed by atoms with Crippen LogP contribution >= 0.6 is 0 Å². The van der Waals surface area contributed by atoms with E-state index >= 15 is 0 Å². The molecule has 28 heavy (non-hydrogen) atoms. The summed E-state index contributed by atoms with van der Waals surface area (Å²) in [7, 11) is 3.45. The normalized spacial score (nSPS) is 10.4. The average Bonchev–Trinajstić information content (AvgIpc) is 2.76. The number of hydrogen-bond donors (Lipinski definition) is 1. The molecule has 0 spiro atoms. The molecule has 0 radical (unpaired) electrons. The number of pyridine rings is 2. The zero-order valence-corrected chi connectivity index (χ0v) is 16.1. The highest BCUT2D eigenvalue weighted by Gasteiger charge is 2.13. The van der Waals surface area contributed by atoms with E-state index in [1.165, 1.54) is 0 Å². The highest BCUT2D eigenvalue weighted by molar-refractivity contribution is 5.93. The first-order valence-corrected chi connectivity index (χ1v) is 9.13. The number of hydrogen-bond acceptors (Lipinski definition) is 5. The molecule has 2 aromatic heterocycles. The predicted octanol–water partition coefficient (Wildman–Crippen LogP) is 3.41. The van der Waals surface area contributed by atoms with Crippen LogP contribution in [-0.4, -0.2) is 41.5 Å². The van der Waals surface area contributed by atoms with E-state index in [0.717, 1.165) is 29.0 Å². The number of benzene rings is 1. The summed E-state index contributed by atoms with van der Waals surface area (Å²) in [6.45, 7) is 1.21. The summed E-state index contributed by atoms with van der Waals surface area (Å²) in [5, 5.41) is 3.33. The van der Waals surface area contributed by atoms with Crippen LogP contribution in [0.25, 0.3) is 0 Å². The fourth-order valence-corrected chi connectivity index (χ4v) is 2.85. The molecule has 0 aliphatic heterocycles. The lowest BCUT2D eigenvalue weighted by Crippen LogP contribution is -2.29. The van der Waals surface area contributed by atoms with Crippen LogP contribution in [0.4, 0.5) is 5.69 Å². The molecular formula is C22H24N4O2. The summed E-state index contributed by atoms with van der Waals surface area (Å²) >= 11 is 0. The number of methoxy groups -OCH3 is 1. The number of anilines is 1. The quantitative estimate of drug-likeness (QED) is 0.653. The van der Waals surface area contributed by atoms with E-state index in [1.54, 1.807) is 43.7 Å². The third-order valence-electron chi connectivity index (χ3n) is 4.49. The van der Waals surface area contributed by atoms with Crippen LogP contribution in [0.3, 0.4) is 0 Å². The molecule has 1 N–H and O–H groups in total. The van der Waals surface area contributed by atoms with Crippen molar-refractivity contribution in [2.75, 3.05) is 26.0 Å². The Morgan fingerprint density at radius 3 is 2.68 bits per heavy atom. The molecule has 1 aromatic carbocycles. The molecule has 0 fully saturated rings. The van der Waals surface area contributed by atoms with Crippen molar-refractivity contribution in [3.63, 3.8) is 0 Å². The van der Waals surface area contributed by atoms with E-state index in [2.05, 4.69) is 15.3 Å². The van der Waals surface area contributed by atoms with Gasteiger partial charge in [0.2, 0.25) is 0 Å². The van der Waals surface area contributed by atoms with Crippen molar-refractivity contribution in [2.24, 2.45) is 0 Å². The molecule has 0 saturated carbocycles. The van der Waals surface area contributed by atoms with E-state index in [9.17, 15) is 4.79 Å². The van der Waals surface area contributed by atoms with Gasteiger partial charge in [-0.25, -0.2) is 0 Å². The summed E-state index contributed by atoms with van der Waals surface area (Å²) in [6, 6.07) is 15.4. The molecule has 3 aromatic rings. The summed E-state index contributed by atoms with van der Waals surface area (Å²) in [6.07, 6.45) is 5.94. The van der Waals surface area contributed by atoms with Crippen LogP contribution < -0.4 is 10.1 Å². The Bertz CT molecular complexity index is 915. The van der Waals surface area contributed by atoms with Crippen LogP contribution in [0.5, 0.6) is 5.75 Å².